The third-order valence-corrected chi connectivity index (χ3v) is 3.44. The van der Waals surface area contributed by atoms with Gasteiger partial charge in [-0.3, -0.25) is 0 Å². The van der Waals surface area contributed by atoms with Crippen LogP contribution < -0.4 is 5.32 Å². The summed E-state index contributed by atoms with van der Waals surface area (Å²) >= 11 is 0. The molecule has 2 amide bonds. The van der Waals surface area contributed by atoms with Crippen molar-refractivity contribution in [2.45, 2.75) is 13.0 Å². The third kappa shape index (κ3) is 4.41. The Morgan fingerprint density at radius 3 is 3.00 bits per heavy atom. The molecule has 0 aromatic heterocycles. The van der Waals surface area contributed by atoms with E-state index in [0.29, 0.717) is 25.4 Å². The molecule has 116 valence electrons. The summed E-state index contributed by atoms with van der Waals surface area (Å²) in [4.78, 5) is 16.0. The Bertz CT molecular complexity index is 508. The van der Waals surface area contributed by atoms with Crippen molar-refractivity contribution in [2.75, 3.05) is 45.7 Å². The predicted molar refractivity (Wildman–Crippen MR) is 80.0 cm³/mol. The number of nitrogens with one attached hydrogen (secondary N) is 1. The molecule has 21 heavy (non-hydrogen) atoms. The molecule has 0 aliphatic carbocycles. The average molecular weight is 295 g/mol. The molecule has 1 N–H and O–H groups in total. The van der Waals surface area contributed by atoms with Gasteiger partial charge in [0.05, 0.1) is 12.7 Å². The molecular formula is C15H22FN3O2. The number of hydrogen-bond acceptors (Lipinski definition) is 3. The van der Waals surface area contributed by atoms with Crippen LogP contribution in [0.25, 0.3) is 0 Å². The zero-order chi connectivity index (χ0) is 15.4. The Balaban J connectivity index is 1.98. The largest absolute Gasteiger partial charge is 0.373 e. The molecule has 1 saturated heterocycles. The lowest BCUT2D eigenvalue weighted by Gasteiger charge is -2.34. The van der Waals surface area contributed by atoms with Crippen LogP contribution in [0.4, 0.5) is 14.9 Å². The van der Waals surface area contributed by atoms with E-state index in [2.05, 4.69) is 5.32 Å². The number of aryl methyl sites for hydroxylation is 1. The van der Waals surface area contributed by atoms with Crippen LogP contribution in [0.2, 0.25) is 0 Å². The van der Waals surface area contributed by atoms with Gasteiger partial charge in [-0.25, -0.2) is 9.18 Å². The van der Waals surface area contributed by atoms with Crippen LogP contribution in [0, 0.1) is 12.7 Å². The number of carbonyl (C=O) groups excluding carboxylic acids is 1. The number of halogens is 1. The number of amides is 2. The second-order valence-electron chi connectivity index (χ2n) is 5.59. The van der Waals surface area contributed by atoms with Gasteiger partial charge in [-0.2, -0.15) is 0 Å². The molecule has 1 aromatic rings. The molecule has 0 saturated carbocycles. The van der Waals surface area contributed by atoms with E-state index < -0.39 is 0 Å². The van der Waals surface area contributed by atoms with Crippen LogP contribution in [-0.2, 0) is 4.74 Å². The molecule has 1 aromatic carbocycles. The molecular weight excluding hydrogens is 273 g/mol. The highest BCUT2D eigenvalue weighted by atomic mass is 19.1. The number of carbonyl (C=O) groups is 1. The first-order chi connectivity index (χ1) is 9.95. The first-order valence-corrected chi connectivity index (χ1v) is 7.04. The molecule has 1 unspecified atom stereocenters. The number of benzene rings is 1. The monoisotopic (exact) mass is 295 g/mol. The van der Waals surface area contributed by atoms with E-state index in [0.717, 1.165) is 12.1 Å². The summed E-state index contributed by atoms with van der Waals surface area (Å²) in [6.07, 6.45) is 0.00751. The fraction of sp³-hybridized carbons (Fsp3) is 0.533. The van der Waals surface area contributed by atoms with Crippen molar-refractivity contribution in [2.24, 2.45) is 0 Å². The van der Waals surface area contributed by atoms with Crippen LogP contribution in [0.1, 0.15) is 5.56 Å². The van der Waals surface area contributed by atoms with Gasteiger partial charge >= 0.3 is 6.03 Å². The minimum Gasteiger partial charge on any atom is -0.373 e. The first-order valence-electron chi connectivity index (χ1n) is 7.04. The van der Waals surface area contributed by atoms with Crippen molar-refractivity contribution in [3.8, 4) is 0 Å². The summed E-state index contributed by atoms with van der Waals surface area (Å²) < 4.78 is 18.9. The molecule has 1 aliphatic heterocycles. The number of hydrogen-bond donors (Lipinski definition) is 1. The van der Waals surface area contributed by atoms with E-state index in [1.807, 2.05) is 25.9 Å². The predicted octanol–water partition coefficient (Wildman–Crippen LogP) is 1.93. The van der Waals surface area contributed by atoms with Crippen molar-refractivity contribution in [3.05, 3.63) is 29.6 Å². The maximum absolute atomic E-state index is 13.3. The lowest BCUT2D eigenvalue weighted by Crippen LogP contribution is -2.50. The summed E-state index contributed by atoms with van der Waals surface area (Å²) in [6, 6.07) is 4.16. The summed E-state index contributed by atoms with van der Waals surface area (Å²) in [5, 5.41) is 2.77. The molecule has 0 radical (unpaired) electrons. The molecule has 1 aliphatic rings. The summed E-state index contributed by atoms with van der Waals surface area (Å²) in [5.41, 5.74) is 1.35. The van der Waals surface area contributed by atoms with E-state index in [1.165, 1.54) is 12.1 Å². The minimum atomic E-state index is -0.358. The third-order valence-electron chi connectivity index (χ3n) is 3.44. The van der Waals surface area contributed by atoms with Crippen molar-refractivity contribution in [1.82, 2.24) is 9.80 Å². The molecule has 0 bridgehead atoms. The van der Waals surface area contributed by atoms with E-state index >= 15 is 0 Å². The number of rotatable bonds is 3. The van der Waals surface area contributed by atoms with Crippen molar-refractivity contribution in [1.29, 1.82) is 0 Å². The molecule has 6 heteroatoms. The zero-order valence-electron chi connectivity index (χ0n) is 12.7. The van der Waals surface area contributed by atoms with Crippen LogP contribution >= 0.6 is 0 Å². The van der Waals surface area contributed by atoms with Gasteiger partial charge in [0.1, 0.15) is 5.82 Å². The van der Waals surface area contributed by atoms with Gasteiger partial charge in [0.2, 0.25) is 0 Å². The molecule has 1 fully saturated rings. The summed E-state index contributed by atoms with van der Waals surface area (Å²) in [6.45, 7) is 4.21. The quantitative estimate of drug-likeness (QED) is 0.927. The van der Waals surface area contributed by atoms with Crippen LogP contribution in [-0.4, -0.2) is 62.3 Å². The smallest absolute Gasteiger partial charge is 0.322 e. The van der Waals surface area contributed by atoms with Crippen LogP contribution in [0.3, 0.4) is 0 Å². The number of morpholine rings is 1. The number of nitrogens with zero attached hydrogens (tertiary/aromatic N) is 2. The summed E-state index contributed by atoms with van der Waals surface area (Å²) in [5.74, 6) is -0.358. The fourth-order valence-corrected chi connectivity index (χ4v) is 2.34. The van der Waals surface area contributed by atoms with Gasteiger partial charge < -0.3 is 19.9 Å². The normalized spacial score (nSPS) is 18.9. The lowest BCUT2D eigenvalue weighted by atomic mass is 10.2. The zero-order valence-corrected chi connectivity index (χ0v) is 12.7. The van der Waals surface area contributed by atoms with E-state index in [-0.39, 0.29) is 18.0 Å². The second-order valence-corrected chi connectivity index (χ2v) is 5.59. The Labute approximate surface area is 124 Å². The highest BCUT2D eigenvalue weighted by Crippen LogP contribution is 2.17. The molecule has 0 spiro atoms. The average Bonchev–Trinajstić information content (AvgIpc) is 2.42. The highest BCUT2D eigenvalue weighted by molar-refractivity contribution is 5.90. The Hall–Kier alpha value is -1.66. The molecule has 1 heterocycles. The van der Waals surface area contributed by atoms with Crippen molar-refractivity contribution < 1.29 is 13.9 Å². The van der Waals surface area contributed by atoms with E-state index in [4.69, 9.17) is 4.74 Å². The first kappa shape index (κ1) is 15.7. The number of urea groups is 1. The van der Waals surface area contributed by atoms with E-state index in [9.17, 15) is 9.18 Å². The molecule has 5 nitrogen and oxygen atoms in total. The number of ether oxygens (including phenoxy) is 1. The molecule has 1 atom stereocenters. The van der Waals surface area contributed by atoms with Crippen molar-refractivity contribution in [3.63, 3.8) is 0 Å². The van der Waals surface area contributed by atoms with Gasteiger partial charge in [-0.05, 0) is 38.7 Å². The molecule has 2 rings (SSSR count). The highest BCUT2D eigenvalue weighted by Gasteiger charge is 2.24. The Kier molecular flexibility index (Phi) is 5.14. The standard InChI is InChI=1S/C15H22FN3O2/c1-11-4-5-12(16)8-14(11)17-15(20)19-6-7-21-13(10-19)9-18(2)3/h4-5,8,13H,6-7,9-10H2,1-3H3,(H,17,20). The van der Waals surface area contributed by atoms with Crippen molar-refractivity contribution >= 4 is 11.7 Å². The number of anilines is 1. The fourth-order valence-electron chi connectivity index (χ4n) is 2.34. The van der Waals surface area contributed by atoms with Crippen LogP contribution in [0.5, 0.6) is 0 Å². The second kappa shape index (κ2) is 6.87. The van der Waals surface area contributed by atoms with E-state index in [1.54, 1.807) is 11.0 Å². The maximum atomic E-state index is 13.3. The summed E-state index contributed by atoms with van der Waals surface area (Å²) in [7, 11) is 3.94. The van der Waals surface area contributed by atoms with Gasteiger partial charge in [-0.1, -0.05) is 6.07 Å². The minimum absolute atomic E-state index is 0.00751. The maximum Gasteiger partial charge on any atom is 0.322 e. The lowest BCUT2D eigenvalue weighted by molar-refractivity contribution is -0.0228. The SMILES string of the molecule is Cc1ccc(F)cc1NC(=O)N1CCOC(CN(C)C)C1. The van der Waals surface area contributed by atoms with Crippen LogP contribution in [0.15, 0.2) is 18.2 Å². The Morgan fingerprint density at radius 1 is 1.52 bits per heavy atom. The number of likely N-dealkylation sites (N-methyl/N-ethyl adjacent to an activating group) is 1. The Morgan fingerprint density at radius 2 is 2.29 bits per heavy atom. The topological polar surface area (TPSA) is 44.8 Å². The van der Waals surface area contributed by atoms with Gasteiger partial charge in [0.25, 0.3) is 0 Å². The van der Waals surface area contributed by atoms with Gasteiger partial charge in [-0.15, -0.1) is 0 Å². The van der Waals surface area contributed by atoms with Gasteiger partial charge in [0, 0.05) is 25.3 Å². The van der Waals surface area contributed by atoms with Gasteiger partial charge in [0.15, 0.2) is 0 Å².